The van der Waals surface area contributed by atoms with Crippen molar-refractivity contribution in [1.82, 2.24) is 34.7 Å². The normalized spacial score (nSPS) is 23.3. The van der Waals surface area contributed by atoms with Gasteiger partial charge in [-0.05, 0) is 25.7 Å². The van der Waals surface area contributed by atoms with Gasteiger partial charge >= 0.3 is 0 Å². The summed E-state index contributed by atoms with van der Waals surface area (Å²) in [5, 5.41) is 17.0. The molecule has 2 aliphatic rings. The number of hydrogen-bond donors (Lipinski definition) is 1. The van der Waals surface area contributed by atoms with Crippen molar-refractivity contribution in [1.29, 1.82) is 0 Å². The summed E-state index contributed by atoms with van der Waals surface area (Å²) in [4.78, 5) is 14.8. The lowest BCUT2D eigenvalue weighted by Gasteiger charge is -2.25. The molecule has 1 aliphatic carbocycles. The Morgan fingerprint density at radius 1 is 1.11 bits per heavy atom. The van der Waals surface area contributed by atoms with E-state index in [2.05, 4.69) is 38.9 Å². The van der Waals surface area contributed by atoms with Crippen LogP contribution in [0.15, 0.2) is 6.20 Å². The Kier molecular flexibility index (Phi) is 4.94. The molecule has 1 aliphatic heterocycles. The Morgan fingerprint density at radius 3 is 2.63 bits per heavy atom. The number of nitrogens with zero attached hydrogens (tertiary/aromatic N) is 7. The molecule has 0 radical (unpaired) electrons. The van der Waals surface area contributed by atoms with Crippen molar-refractivity contribution in [3.8, 4) is 0 Å². The summed E-state index contributed by atoms with van der Waals surface area (Å²) in [6.45, 7) is 6.20. The topological polar surface area (TPSA) is 108 Å². The molecule has 2 aromatic heterocycles. The third-order valence-corrected chi connectivity index (χ3v) is 5.70. The maximum absolute atomic E-state index is 12.9. The molecule has 0 atom stereocenters. The molecule has 1 fully saturated rings. The van der Waals surface area contributed by atoms with E-state index in [4.69, 9.17) is 5.73 Å². The first-order valence-electron chi connectivity index (χ1n) is 9.91. The zero-order valence-corrected chi connectivity index (χ0v) is 16.1. The van der Waals surface area contributed by atoms with Crippen LogP contribution in [0, 0.1) is 0 Å². The van der Waals surface area contributed by atoms with E-state index in [-0.39, 0.29) is 5.91 Å². The van der Waals surface area contributed by atoms with Crippen molar-refractivity contribution in [3.05, 3.63) is 23.5 Å². The summed E-state index contributed by atoms with van der Waals surface area (Å²) in [7, 11) is 0. The fourth-order valence-electron chi connectivity index (χ4n) is 4.06. The van der Waals surface area contributed by atoms with E-state index in [1.165, 1.54) is 0 Å². The molecule has 2 aromatic rings. The Hall–Kier alpha value is -2.29. The zero-order chi connectivity index (χ0) is 19.0. The van der Waals surface area contributed by atoms with E-state index >= 15 is 0 Å². The number of carbonyl (C=O) groups excluding carboxylic acids is 1. The van der Waals surface area contributed by atoms with Gasteiger partial charge in [-0.1, -0.05) is 19.1 Å². The van der Waals surface area contributed by atoms with E-state index in [1.54, 1.807) is 6.20 Å². The van der Waals surface area contributed by atoms with Crippen LogP contribution in [0.2, 0.25) is 0 Å². The van der Waals surface area contributed by atoms with Crippen LogP contribution in [0.5, 0.6) is 0 Å². The molecule has 9 nitrogen and oxygen atoms in total. The van der Waals surface area contributed by atoms with Crippen LogP contribution in [0.25, 0.3) is 0 Å². The van der Waals surface area contributed by atoms with Gasteiger partial charge in [0.1, 0.15) is 11.6 Å². The number of carbonyl (C=O) groups is 1. The highest BCUT2D eigenvalue weighted by Gasteiger charge is 2.26. The van der Waals surface area contributed by atoms with Gasteiger partial charge < -0.3 is 15.2 Å². The van der Waals surface area contributed by atoms with Crippen LogP contribution in [0.1, 0.15) is 73.6 Å². The van der Waals surface area contributed by atoms with Crippen LogP contribution < -0.4 is 5.73 Å². The summed E-state index contributed by atoms with van der Waals surface area (Å²) in [5.41, 5.74) is 6.40. The van der Waals surface area contributed by atoms with Gasteiger partial charge in [0.15, 0.2) is 5.69 Å². The van der Waals surface area contributed by atoms with Crippen LogP contribution in [-0.2, 0) is 13.0 Å². The standard InChI is InChI=1S/C18H28N8O/c1-12(2)17-22-21-16-7-8-24(9-10-25(16)17)18(27)15-11-26(23-20-15)14-5-3-13(19)4-6-14/h11-14H,3-10,19H2,1-2H3. The van der Waals surface area contributed by atoms with E-state index in [9.17, 15) is 4.79 Å². The predicted octanol–water partition coefficient (Wildman–Crippen LogP) is 1.13. The highest BCUT2D eigenvalue weighted by molar-refractivity contribution is 5.91. The van der Waals surface area contributed by atoms with Crippen molar-refractivity contribution in [3.63, 3.8) is 0 Å². The summed E-state index contributed by atoms with van der Waals surface area (Å²) >= 11 is 0. The van der Waals surface area contributed by atoms with Gasteiger partial charge in [-0.3, -0.25) is 4.79 Å². The van der Waals surface area contributed by atoms with Crippen LogP contribution in [0.3, 0.4) is 0 Å². The number of rotatable bonds is 3. The van der Waals surface area contributed by atoms with Gasteiger partial charge in [0.2, 0.25) is 0 Å². The molecule has 3 heterocycles. The summed E-state index contributed by atoms with van der Waals surface area (Å²) < 4.78 is 4.00. The molecule has 0 unspecified atom stereocenters. The maximum atomic E-state index is 12.9. The first kappa shape index (κ1) is 18.1. The quantitative estimate of drug-likeness (QED) is 0.865. The number of hydrogen-bond acceptors (Lipinski definition) is 6. The Labute approximate surface area is 158 Å². The first-order chi connectivity index (χ1) is 13.0. The highest BCUT2D eigenvalue weighted by Crippen LogP contribution is 2.27. The van der Waals surface area contributed by atoms with Crippen LogP contribution in [0.4, 0.5) is 0 Å². The average Bonchev–Trinajstić information content (AvgIpc) is 3.25. The van der Waals surface area contributed by atoms with Crippen molar-refractivity contribution >= 4 is 5.91 Å². The molecule has 2 N–H and O–H groups in total. The maximum Gasteiger partial charge on any atom is 0.276 e. The Bertz CT molecular complexity index is 802. The largest absolute Gasteiger partial charge is 0.335 e. The Morgan fingerprint density at radius 2 is 1.89 bits per heavy atom. The average molecular weight is 372 g/mol. The second kappa shape index (κ2) is 7.38. The molecule has 4 rings (SSSR count). The molecule has 0 bridgehead atoms. The van der Waals surface area contributed by atoms with E-state index in [0.717, 1.165) is 43.9 Å². The molecule has 0 spiro atoms. The third-order valence-electron chi connectivity index (χ3n) is 5.70. The summed E-state index contributed by atoms with van der Waals surface area (Å²) in [5.74, 6) is 2.20. The van der Waals surface area contributed by atoms with Crippen molar-refractivity contribution in [2.75, 3.05) is 13.1 Å². The monoisotopic (exact) mass is 372 g/mol. The van der Waals surface area contributed by atoms with Gasteiger partial charge in [-0.15, -0.1) is 15.3 Å². The third kappa shape index (κ3) is 3.60. The van der Waals surface area contributed by atoms with Gasteiger partial charge in [-0.2, -0.15) is 0 Å². The molecule has 1 saturated carbocycles. The van der Waals surface area contributed by atoms with Crippen molar-refractivity contribution in [2.24, 2.45) is 5.73 Å². The minimum atomic E-state index is -0.0569. The second-order valence-electron chi connectivity index (χ2n) is 7.98. The number of aromatic nitrogens is 6. The number of amides is 1. The van der Waals surface area contributed by atoms with E-state index in [1.807, 2.05) is 9.58 Å². The van der Waals surface area contributed by atoms with Gasteiger partial charge in [0.05, 0.1) is 12.2 Å². The lowest BCUT2D eigenvalue weighted by Crippen LogP contribution is -2.34. The molecule has 9 heteroatoms. The van der Waals surface area contributed by atoms with Crippen molar-refractivity contribution in [2.45, 2.75) is 70.5 Å². The minimum absolute atomic E-state index is 0.0569. The SMILES string of the molecule is CC(C)c1nnc2n1CCN(C(=O)c1cn(C3CCC(N)CC3)nn1)CC2. The van der Waals surface area contributed by atoms with Gasteiger partial charge in [0, 0.05) is 38.0 Å². The molecule has 146 valence electrons. The minimum Gasteiger partial charge on any atom is -0.335 e. The van der Waals surface area contributed by atoms with Crippen LogP contribution in [-0.4, -0.2) is 59.7 Å². The first-order valence-corrected chi connectivity index (χ1v) is 9.91. The van der Waals surface area contributed by atoms with E-state index < -0.39 is 0 Å². The van der Waals surface area contributed by atoms with Gasteiger partial charge in [0.25, 0.3) is 5.91 Å². The molecule has 27 heavy (non-hydrogen) atoms. The Balaban J connectivity index is 1.43. The molecular formula is C18H28N8O. The molecular weight excluding hydrogens is 344 g/mol. The van der Waals surface area contributed by atoms with Crippen LogP contribution >= 0.6 is 0 Å². The second-order valence-corrected chi connectivity index (χ2v) is 7.98. The molecule has 0 aromatic carbocycles. The summed E-state index contributed by atoms with van der Waals surface area (Å²) in [6.07, 6.45) is 6.49. The van der Waals surface area contributed by atoms with E-state index in [0.29, 0.717) is 43.2 Å². The summed E-state index contributed by atoms with van der Waals surface area (Å²) in [6, 6.07) is 0.590. The number of fused-ring (bicyclic) bond motifs is 1. The zero-order valence-electron chi connectivity index (χ0n) is 16.1. The van der Waals surface area contributed by atoms with Crippen molar-refractivity contribution < 1.29 is 4.79 Å². The predicted molar refractivity (Wildman–Crippen MR) is 99.2 cm³/mol. The smallest absolute Gasteiger partial charge is 0.276 e. The highest BCUT2D eigenvalue weighted by atomic mass is 16.2. The van der Waals surface area contributed by atoms with Gasteiger partial charge in [-0.25, -0.2) is 4.68 Å². The number of nitrogens with two attached hydrogens (primary N) is 1. The lowest BCUT2D eigenvalue weighted by atomic mass is 9.92. The molecule has 0 saturated heterocycles. The molecule has 1 amide bonds. The fraction of sp³-hybridized carbons (Fsp3) is 0.722. The fourth-order valence-corrected chi connectivity index (χ4v) is 4.06. The lowest BCUT2D eigenvalue weighted by molar-refractivity contribution is 0.0752.